The number of rotatable bonds is 2. The third-order valence-corrected chi connectivity index (χ3v) is 4.39. The molecule has 0 aliphatic carbocycles. The Bertz CT molecular complexity index is 395. The molecule has 17 heavy (non-hydrogen) atoms. The van der Waals surface area contributed by atoms with Gasteiger partial charge in [-0.15, -0.1) is 0 Å². The molecule has 2 saturated heterocycles. The lowest BCUT2D eigenvalue weighted by Gasteiger charge is -2.36. The van der Waals surface area contributed by atoms with Crippen LogP contribution in [0, 0.1) is 0 Å². The van der Waals surface area contributed by atoms with Gasteiger partial charge >= 0.3 is 0 Å². The van der Waals surface area contributed by atoms with Gasteiger partial charge in [0.05, 0.1) is 0 Å². The number of hydrogen-bond acceptors (Lipinski definition) is 2. The van der Waals surface area contributed by atoms with Gasteiger partial charge in [0.15, 0.2) is 0 Å². The van der Waals surface area contributed by atoms with Crippen LogP contribution in [0.3, 0.4) is 0 Å². The van der Waals surface area contributed by atoms with Gasteiger partial charge in [-0.1, -0.05) is 17.7 Å². The zero-order valence-electron chi connectivity index (χ0n) is 10.1. The molecule has 1 aromatic carbocycles. The van der Waals surface area contributed by atoms with E-state index in [2.05, 4.69) is 11.9 Å². The molecule has 2 fully saturated rings. The summed E-state index contributed by atoms with van der Waals surface area (Å²) in [5.41, 5.74) is 0. The third-order valence-electron chi connectivity index (χ3n) is 4.15. The predicted molar refractivity (Wildman–Crippen MR) is 69.7 cm³/mol. The van der Waals surface area contributed by atoms with Crippen molar-refractivity contribution in [1.29, 1.82) is 0 Å². The van der Waals surface area contributed by atoms with Gasteiger partial charge in [0.2, 0.25) is 0 Å². The van der Waals surface area contributed by atoms with Crippen LogP contribution in [-0.2, 0) is 0 Å². The minimum atomic E-state index is 0.363. The van der Waals surface area contributed by atoms with E-state index in [0.29, 0.717) is 6.10 Å². The van der Waals surface area contributed by atoms with Crippen LogP contribution in [0.15, 0.2) is 24.3 Å². The Morgan fingerprint density at radius 3 is 2.59 bits per heavy atom. The molecule has 92 valence electrons. The fourth-order valence-electron chi connectivity index (χ4n) is 3.19. The number of halogens is 1. The number of piperidine rings is 1. The van der Waals surface area contributed by atoms with Crippen molar-refractivity contribution in [3.8, 4) is 5.75 Å². The van der Waals surface area contributed by atoms with E-state index in [1.807, 2.05) is 24.3 Å². The third kappa shape index (κ3) is 2.29. The Hall–Kier alpha value is -0.730. The Morgan fingerprint density at radius 1 is 1.24 bits per heavy atom. The van der Waals surface area contributed by atoms with E-state index in [9.17, 15) is 0 Å². The average molecular weight is 252 g/mol. The molecular weight excluding hydrogens is 234 g/mol. The number of hydrogen-bond donors (Lipinski definition) is 0. The molecule has 2 aliphatic heterocycles. The van der Waals surface area contributed by atoms with E-state index < -0.39 is 0 Å². The van der Waals surface area contributed by atoms with E-state index in [-0.39, 0.29) is 0 Å². The fourth-order valence-corrected chi connectivity index (χ4v) is 3.37. The van der Waals surface area contributed by atoms with Gasteiger partial charge in [-0.2, -0.15) is 0 Å². The van der Waals surface area contributed by atoms with Crippen LogP contribution in [0.1, 0.15) is 25.7 Å². The smallest absolute Gasteiger partial charge is 0.121 e. The summed E-state index contributed by atoms with van der Waals surface area (Å²) in [7, 11) is 2.25. The van der Waals surface area contributed by atoms with Gasteiger partial charge in [-0.3, -0.25) is 0 Å². The minimum absolute atomic E-state index is 0.363. The van der Waals surface area contributed by atoms with Crippen LogP contribution in [0.25, 0.3) is 0 Å². The molecule has 0 saturated carbocycles. The second-order valence-electron chi connectivity index (χ2n) is 5.22. The first-order valence-corrected chi connectivity index (χ1v) is 6.74. The van der Waals surface area contributed by atoms with E-state index in [4.69, 9.17) is 16.3 Å². The molecule has 0 amide bonds. The summed E-state index contributed by atoms with van der Waals surface area (Å²) in [5.74, 6) is 0.909. The van der Waals surface area contributed by atoms with Crippen molar-refractivity contribution in [3.05, 3.63) is 29.3 Å². The number of fused-ring (bicyclic) bond motifs is 2. The summed E-state index contributed by atoms with van der Waals surface area (Å²) in [6, 6.07) is 9.16. The van der Waals surface area contributed by atoms with Crippen molar-refractivity contribution in [1.82, 2.24) is 4.90 Å². The summed E-state index contributed by atoms with van der Waals surface area (Å²) < 4.78 is 6.05. The second kappa shape index (κ2) is 4.51. The van der Waals surface area contributed by atoms with Gasteiger partial charge in [0.25, 0.3) is 0 Å². The summed E-state index contributed by atoms with van der Waals surface area (Å²) >= 11 is 5.97. The first-order chi connectivity index (χ1) is 8.22. The lowest BCUT2D eigenvalue weighted by atomic mass is 10.0. The Morgan fingerprint density at radius 2 is 1.94 bits per heavy atom. The molecule has 0 radical (unpaired) electrons. The Kier molecular flexibility index (Phi) is 3.01. The Balaban J connectivity index is 1.67. The summed E-state index contributed by atoms with van der Waals surface area (Å²) in [5, 5.41) is 0.749. The Labute approximate surface area is 108 Å². The summed E-state index contributed by atoms with van der Waals surface area (Å²) in [6.07, 6.45) is 5.33. The van der Waals surface area contributed by atoms with E-state index >= 15 is 0 Å². The lowest BCUT2D eigenvalue weighted by Crippen LogP contribution is -2.43. The molecule has 0 aromatic heterocycles. The quantitative estimate of drug-likeness (QED) is 0.799. The molecule has 2 nitrogen and oxygen atoms in total. The van der Waals surface area contributed by atoms with Crippen LogP contribution < -0.4 is 4.74 Å². The molecule has 2 heterocycles. The molecule has 3 rings (SSSR count). The first-order valence-electron chi connectivity index (χ1n) is 6.36. The zero-order chi connectivity index (χ0) is 11.8. The minimum Gasteiger partial charge on any atom is -0.490 e. The van der Waals surface area contributed by atoms with Gasteiger partial charge < -0.3 is 9.64 Å². The topological polar surface area (TPSA) is 12.5 Å². The molecule has 3 atom stereocenters. The molecule has 0 spiro atoms. The molecular formula is C14H18ClNO. The number of benzene rings is 1. The fraction of sp³-hybridized carbons (Fsp3) is 0.571. The normalized spacial score (nSPS) is 32.7. The van der Waals surface area contributed by atoms with Gasteiger partial charge in [0.1, 0.15) is 11.9 Å². The van der Waals surface area contributed by atoms with E-state index in [0.717, 1.165) is 35.7 Å². The van der Waals surface area contributed by atoms with Gasteiger partial charge in [0, 0.05) is 17.1 Å². The summed E-state index contributed by atoms with van der Waals surface area (Å²) in [6.45, 7) is 0. The van der Waals surface area contributed by atoms with Crippen molar-refractivity contribution >= 4 is 11.6 Å². The standard InChI is InChI=1S/C14H18ClNO/c1-16-11-5-6-12(16)9-14(8-11)17-13-4-2-3-10(15)7-13/h2-4,7,11-12,14H,5-6,8-9H2,1H3/t11-,12+,14?. The largest absolute Gasteiger partial charge is 0.490 e. The zero-order valence-corrected chi connectivity index (χ0v) is 10.9. The van der Waals surface area contributed by atoms with Gasteiger partial charge in [-0.25, -0.2) is 0 Å². The monoisotopic (exact) mass is 251 g/mol. The molecule has 3 heteroatoms. The highest BCUT2D eigenvalue weighted by Gasteiger charge is 2.39. The van der Waals surface area contributed by atoms with Gasteiger partial charge in [-0.05, 0) is 50.9 Å². The lowest BCUT2D eigenvalue weighted by molar-refractivity contribution is 0.0662. The highest BCUT2D eigenvalue weighted by atomic mass is 35.5. The molecule has 2 aliphatic rings. The highest BCUT2D eigenvalue weighted by Crippen LogP contribution is 2.36. The van der Waals surface area contributed by atoms with Crippen LogP contribution in [0.2, 0.25) is 5.02 Å². The summed E-state index contributed by atoms with van der Waals surface area (Å²) in [4.78, 5) is 2.53. The van der Waals surface area contributed by atoms with E-state index in [1.54, 1.807) is 0 Å². The van der Waals surface area contributed by atoms with Crippen molar-refractivity contribution in [3.63, 3.8) is 0 Å². The second-order valence-corrected chi connectivity index (χ2v) is 5.66. The highest BCUT2D eigenvalue weighted by molar-refractivity contribution is 6.30. The van der Waals surface area contributed by atoms with Crippen LogP contribution >= 0.6 is 11.6 Å². The van der Waals surface area contributed by atoms with E-state index in [1.165, 1.54) is 12.8 Å². The van der Waals surface area contributed by atoms with Crippen LogP contribution in [0.4, 0.5) is 0 Å². The number of ether oxygens (including phenoxy) is 1. The van der Waals surface area contributed by atoms with Crippen molar-refractivity contribution in [2.75, 3.05) is 7.05 Å². The van der Waals surface area contributed by atoms with Crippen LogP contribution in [-0.4, -0.2) is 30.1 Å². The average Bonchev–Trinajstić information content (AvgIpc) is 2.52. The first kappa shape index (κ1) is 11.4. The van der Waals surface area contributed by atoms with Crippen molar-refractivity contribution < 1.29 is 4.74 Å². The van der Waals surface area contributed by atoms with Crippen molar-refractivity contribution in [2.45, 2.75) is 43.9 Å². The predicted octanol–water partition coefficient (Wildman–Crippen LogP) is 3.34. The molecule has 0 N–H and O–H groups in total. The molecule has 1 unspecified atom stereocenters. The molecule has 2 bridgehead atoms. The SMILES string of the molecule is CN1[C@@H]2CC[C@H]1CC(Oc1cccc(Cl)c1)C2. The van der Waals surface area contributed by atoms with Crippen LogP contribution in [0.5, 0.6) is 5.75 Å². The maximum absolute atomic E-state index is 6.05. The number of nitrogens with zero attached hydrogens (tertiary/aromatic N) is 1. The maximum atomic E-state index is 6.05. The van der Waals surface area contributed by atoms with Crippen molar-refractivity contribution in [2.24, 2.45) is 0 Å². The maximum Gasteiger partial charge on any atom is 0.121 e. The molecule has 1 aromatic rings.